The molecule has 604 valence electrons. The van der Waals surface area contributed by atoms with E-state index < -0.39 is 0 Å². The van der Waals surface area contributed by atoms with Gasteiger partial charge in [0.15, 0.2) is 23.0 Å². The molecule has 0 spiro atoms. The van der Waals surface area contributed by atoms with Crippen LogP contribution in [0.1, 0.15) is 331 Å². The van der Waals surface area contributed by atoms with Crippen molar-refractivity contribution in [3.63, 3.8) is 0 Å². The van der Waals surface area contributed by atoms with E-state index >= 15 is 19.2 Å². The summed E-state index contributed by atoms with van der Waals surface area (Å²) < 4.78 is 41.0. The van der Waals surface area contributed by atoms with Crippen molar-refractivity contribution in [1.29, 1.82) is 0 Å². The molecule has 9 rings (SSSR count). The van der Waals surface area contributed by atoms with Crippen LogP contribution in [0.4, 0.5) is 0 Å². The van der Waals surface area contributed by atoms with Crippen molar-refractivity contribution in [2.45, 2.75) is 292 Å². The molecule has 7 aromatic carbocycles. The van der Waals surface area contributed by atoms with Crippen molar-refractivity contribution in [1.82, 2.24) is 9.80 Å². The molecule has 0 bridgehead atoms. The second-order valence-electron chi connectivity index (χ2n) is 36.8. The Hall–Kier alpha value is -7.08. The van der Waals surface area contributed by atoms with Crippen molar-refractivity contribution < 1.29 is 47.6 Å². The zero-order valence-corrected chi connectivity index (χ0v) is 71.5. The van der Waals surface area contributed by atoms with Gasteiger partial charge in [0.05, 0.1) is 52.7 Å². The number of benzene rings is 7. The molecule has 0 N–H and O–H groups in total. The fourth-order valence-corrected chi connectivity index (χ4v) is 16.5. The third kappa shape index (κ3) is 24.0. The molecule has 0 fully saturated rings. The number of hydrogen-bond acceptors (Lipinski definition) is 10. The summed E-state index contributed by atoms with van der Waals surface area (Å²) in [6.07, 6.45) is 26.4. The van der Waals surface area contributed by atoms with E-state index in [1.165, 1.54) is 86.8 Å². The van der Waals surface area contributed by atoms with E-state index in [9.17, 15) is 0 Å². The molecule has 2 aliphatic rings. The number of rotatable bonds is 52. The fourth-order valence-electron chi connectivity index (χ4n) is 16.5. The van der Waals surface area contributed by atoms with E-state index in [1.54, 1.807) is 0 Å². The largest absolute Gasteiger partial charge is 0.490 e. The molecule has 0 unspecified atom stereocenters. The normalized spacial score (nSPS) is 15.0. The first kappa shape index (κ1) is 86.9. The van der Waals surface area contributed by atoms with E-state index in [0.717, 1.165) is 109 Å². The summed E-state index contributed by atoms with van der Waals surface area (Å²) in [5, 5.41) is 6.13. The molecular formula is C98H142N2O10. The number of imide groups is 2. The van der Waals surface area contributed by atoms with Crippen LogP contribution in [0.5, 0.6) is 34.5 Å². The van der Waals surface area contributed by atoms with Crippen LogP contribution in [0.25, 0.3) is 43.1 Å². The van der Waals surface area contributed by atoms with Gasteiger partial charge in [-0.2, -0.15) is 0 Å². The molecule has 0 saturated carbocycles. The first-order valence-electron chi connectivity index (χ1n) is 43.7. The highest BCUT2D eigenvalue weighted by Gasteiger charge is 2.38. The van der Waals surface area contributed by atoms with Crippen molar-refractivity contribution in [2.24, 2.45) is 71.0 Å². The van der Waals surface area contributed by atoms with E-state index in [-0.39, 0.29) is 36.7 Å². The van der Waals surface area contributed by atoms with Gasteiger partial charge in [-0.3, -0.25) is 29.0 Å². The van der Waals surface area contributed by atoms with Gasteiger partial charge in [0, 0.05) is 33.0 Å². The molecule has 2 aliphatic heterocycles. The summed E-state index contributed by atoms with van der Waals surface area (Å²) >= 11 is 0. The number of amides is 4. The molecule has 0 radical (unpaired) electrons. The summed E-state index contributed by atoms with van der Waals surface area (Å²) in [6, 6.07) is 23.2. The third-order valence-electron chi connectivity index (χ3n) is 23.7. The molecule has 12 heteroatoms. The maximum atomic E-state index is 15.4. The molecule has 12 nitrogen and oxygen atoms in total. The van der Waals surface area contributed by atoms with E-state index in [2.05, 4.69) is 125 Å². The summed E-state index contributed by atoms with van der Waals surface area (Å²) in [6.45, 7) is 44.2. The van der Waals surface area contributed by atoms with Gasteiger partial charge >= 0.3 is 0 Å². The molecule has 4 amide bonds. The van der Waals surface area contributed by atoms with Gasteiger partial charge in [-0.15, -0.1) is 0 Å². The van der Waals surface area contributed by atoms with Crippen LogP contribution < -0.4 is 28.4 Å². The van der Waals surface area contributed by atoms with Crippen LogP contribution in [0, 0.1) is 71.0 Å². The molecule has 0 aliphatic carbocycles. The molecular weight excluding hydrogens is 1370 g/mol. The zero-order chi connectivity index (χ0) is 79.3. The van der Waals surface area contributed by atoms with Gasteiger partial charge in [-0.05, 0) is 202 Å². The van der Waals surface area contributed by atoms with Crippen LogP contribution in [0.15, 0.2) is 72.8 Å². The van der Waals surface area contributed by atoms with Gasteiger partial charge in [-0.1, -0.05) is 264 Å². The van der Waals surface area contributed by atoms with Crippen molar-refractivity contribution in [3.05, 3.63) is 106 Å². The highest BCUT2D eigenvalue weighted by molar-refractivity contribution is 6.41. The lowest BCUT2D eigenvalue weighted by Gasteiger charge is -2.30. The Bertz CT molecular complexity index is 3630. The summed E-state index contributed by atoms with van der Waals surface area (Å²) in [7, 11) is 0. The standard InChI is InChI=1S/C98H142N2O10/c1-63(2)25-19-31-69(13)45-51-105-85-57-75(58-86(106-52-46-70(14)32-20-26-64(3)4)93(85)109-55-49-73(17)35-23-29-67(9)10)61-99-95(101)81-41-37-77-79-39-43-83-92-84(44-40-80(90(79)92)78-38-42-82(96(99)102)91(81)89(77)78)98(104)100(97(83)103)62-76-59-87(107-53-47-71(15)33-21-27-65(5)6)94(110-56-50-74(18)36-24-30-68(11)12)88(60-76)108-54-48-72(16)34-22-28-66(7)8/h37-44,57-60,63-74H,19-36,45-56,61-62H2,1-18H3/t69-,70-,71-,72-,73-,74-/m0/s1. The molecule has 0 saturated heterocycles. The summed E-state index contributed by atoms with van der Waals surface area (Å²) in [5.41, 5.74) is 3.16. The minimum atomic E-state index is -0.387. The van der Waals surface area contributed by atoms with Gasteiger partial charge in [0.25, 0.3) is 23.6 Å². The van der Waals surface area contributed by atoms with Crippen LogP contribution in [0.3, 0.4) is 0 Å². The number of carbonyl (C=O) groups is 4. The monoisotopic (exact) mass is 1510 g/mol. The molecule has 110 heavy (non-hydrogen) atoms. The molecule has 0 aromatic heterocycles. The molecule has 2 heterocycles. The summed E-state index contributed by atoms with van der Waals surface area (Å²) in [4.78, 5) is 64.3. The maximum Gasteiger partial charge on any atom is 0.261 e. The number of hydrogen-bond donors (Lipinski definition) is 0. The Morgan fingerprint density at radius 1 is 0.245 bits per heavy atom. The van der Waals surface area contributed by atoms with E-state index in [0.29, 0.717) is 189 Å². The van der Waals surface area contributed by atoms with Gasteiger partial charge < -0.3 is 28.4 Å². The Morgan fingerprint density at radius 3 is 0.645 bits per heavy atom. The average molecular weight is 1510 g/mol. The number of ether oxygens (including phenoxy) is 6. The van der Waals surface area contributed by atoms with Crippen molar-refractivity contribution >= 4 is 66.7 Å². The first-order chi connectivity index (χ1) is 52.7. The average Bonchev–Trinajstić information content (AvgIpc) is 0.690. The third-order valence-corrected chi connectivity index (χ3v) is 23.7. The minimum absolute atomic E-state index is 0.00985. The van der Waals surface area contributed by atoms with Gasteiger partial charge in [0.2, 0.25) is 11.5 Å². The first-order valence-corrected chi connectivity index (χ1v) is 43.7. The predicted octanol–water partition coefficient (Wildman–Crippen LogP) is 26.7. The fraction of sp³-hybridized carbons (Fsp3) is 0.633. The predicted molar refractivity (Wildman–Crippen MR) is 457 cm³/mol. The Labute approximate surface area is 663 Å². The lowest BCUT2D eigenvalue weighted by molar-refractivity contribution is 0.0583. The van der Waals surface area contributed by atoms with Crippen LogP contribution in [0.2, 0.25) is 0 Å². The number of fused-ring (bicyclic) bond motifs is 2. The van der Waals surface area contributed by atoms with Crippen molar-refractivity contribution in [3.8, 4) is 34.5 Å². The van der Waals surface area contributed by atoms with Gasteiger partial charge in [0.1, 0.15) is 0 Å². The van der Waals surface area contributed by atoms with E-state index in [4.69, 9.17) is 28.4 Å². The van der Waals surface area contributed by atoms with Crippen LogP contribution in [-0.4, -0.2) is 73.1 Å². The lowest BCUT2D eigenvalue weighted by atomic mass is 9.82. The smallest absolute Gasteiger partial charge is 0.261 e. The Morgan fingerprint density at radius 2 is 0.445 bits per heavy atom. The Kier molecular flexibility index (Phi) is 33.3. The minimum Gasteiger partial charge on any atom is -0.490 e. The molecule has 7 aromatic rings. The zero-order valence-electron chi connectivity index (χ0n) is 71.5. The van der Waals surface area contributed by atoms with E-state index in [1.807, 2.05) is 72.8 Å². The maximum absolute atomic E-state index is 15.4. The van der Waals surface area contributed by atoms with Gasteiger partial charge in [-0.25, -0.2) is 0 Å². The van der Waals surface area contributed by atoms with Crippen LogP contribution >= 0.6 is 0 Å². The summed E-state index contributed by atoms with van der Waals surface area (Å²) in [5.74, 6) is 8.73. The second kappa shape index (κ2) is 42.2. The molecule has 6 atom stereocenters. The number of carbonyl (C=O) groups excluding carboxylic acids is 4. The topological polar surface area (TPSA) is 130 Å². The van der Waals surface area contributed by atoms with Crippen molar-refractivity contribution in [2.75, 3.05) is 39.6 Å². The second-order valence-corrected chi connectivity index (χ2v) is 36.8. The Balaban J connectivity index is 1.02. The lowest BCUT2D eigenvalue weighted by Crippen LogP contribution is -2.40. The number of nitrogens with zero attached hydrogens (tertiary/aromatic N) is 2. The SMILES string of the molecule is CC(C)CCC[C@H](C)CCOc1cc(CN2C(=O)c3ccc4c5ccc6c7c(ccc(c8ccc(c3c48)C2=O)c75)C(=O)N(Cc2cc(OCC[C@@H](C)CCCC(C)C)c(OCC[C@@H](C)CCCC(C)C)c(OCC[C@@H](C)CCCC(C)C)c2)C6=O)cc(OCC[C@@H](C)CCCC(C)C)c1OCC[C@@H](C)CCCC(C)C. The quantitative estimate of drug-likeness (QED) is 0.0206. The highest BCUT2D eigenvalue weighted by atomic mass is 16.5. The highest BCUT2D eigenvalue weighted by Crippen LogP contribution is 2.49. The van der Waals surface area contributed by atoms with Crippen LogP contribution in [-0.2, 0) is 13.1 Å².